The van der Waals surface area contributed by atoms with E-state index in [0.29, 0.717) is 6.04 Å². The van der Waals surface area contributed by atoms with Gasteiger partial charge in [0.15, 0.2) is 0 Å². The number of nitrogens with two attached hydrogens (primary N) is 1. The van der Waals surface area contributed by atoms with Crippen LogP contribution in [0.5, 0.6) is 0 Å². The SMILES string of the molecule is NC1CCCCC(Cc2ccnc3ccccc23)C1. The third kappa shape index (κ3) is 2.95. The second-order valence-electron chi connectivity index (χ2n) is 5.84. The van der Waals surface area contributed by atoms with Crippen molar-refractivity contribution in [3.8, 4) is 0 Å². The van der Waals surface area contributed by atoms with Crippen molar-refractivity contribution in [2.75, 3.05) is 0 Å². The average molecular weight is 254 g/mol. The van der Waals surface area contributed by atoms with Gasteiger partial charge in [-0.1, -0.05) is 37.5 Å². The van der Waals surface area contributed by atoms with Gasteiger partial charge in [0.2, 0.25) is 0 Å². The molecule has 100 valence electrons. The number of rotatable bonds is 2. The number of aromatic nitrogens is 1. The van der Waals surface area contributed by atoms with Gasteiger partial charge >= 0.3 is 0 Å². The molecule has 1 aliphatic carbocycles. The van der Waals surface area contributed by atoms with E-state index in [1.54, 1.807) is 0 Å². The van der Waals surface area contributed by atoms with Crippen molar-refractivity contribution >= 4 is 10.9 Å². The molecule has 2 nitrogen and oxygen atoms in total. The maximum Gasteiger partial charge on any atom is 0.0704 e. The lowest BCUT2D eigenvalue weighted by Gasteiger charge is -2.18. The van der Waals surface area contributed by atoms with Gasteiger partial charge in [0, 0.05) is 17.6 Å². The fourth-order valence-electron chi connectivity index (χ4n) is 3.33. The Morgan fingerprint density at radius 1 is 1.11 bits per heavy atom. The van der Waals surface area contributed by atoms with Crippen molar-refractivity contribution in [3.63, 3.8) is 0 Å². The summed E-state index contributed by atoms with van der Waals surface area (Å²) in [6, 6.07) is 11.0. The molecule has 1 aliphatic rings. The van der Waals surface area contributed by atoms with E-state index < -0.39 is 0 Å². The van der Waals surface area contributed by atoms with E-state index in [4.69, 9.17) is 5.73 Å². The quantitative estimate of drug-likeness (QED) is 0.830. The first-order chi connectivity index (χ1) is 9.33. The highest BCUT2D eigenvalue weighted by atomic mass is 14.6. The summed E-state index contributed by atoms with van der Waals surface area (Å²) >= 11 is 0. The Labute approximate surface area is 115 Å². The summed E-state index contributed by atoms with van der Waals surface area (Å²) in [5, 5.41) is 1.31. The van der Waals surface area contributed by atoms with Crippen LogP contribution in [0.25, 0.3) is 10.9 Å². The lowest BCUT2D eigenvalue weighted by Crippen LogP contribution is -2.22. The monoisotopic (exact) mass is 254 g/mol. The van der Waals surface area contributed by atoms with E-state index in [1.165, 1.54) is 43.1 Å². The molecule has 0 amide bonds. The lowest BCUT2D eigenvalue weighted by molar-refractivity contribution is 0.432. The number of hydrogen-bond donors (Lipinski definition) is 1. The van der Waals surface area contributed by atoms with Crippen LogP contribution >= 0.6 is 0 Å². The van der Waals surface area contributed by atoms with E-state index >= 15 is 0 Å². The minimum atomic E-state index is 0.403. The van der Waals surface area contributed by atoms with Crippen molar-refractivity contribution in [3.05, 3.63) is 42.1 Å². The lowest BCUT2D eigenvalue weighted by atomic mass is 9.90. The van der Waals surface area contributed by atoms with Crippen LogP contribution in [0, 0.1) is 5.92 Å². The zero-order chi connectivity index (χ0) is 13.1. The zero-order valence-corrected chi connectivity index (χ0v) is 11.4. The van der Waals surface area contributed by atoms with Gasteiger partial charge in [-0.3, -0.25) is 4.98 Å². The fourth-order valence-corrected chi connectivity index (χ4v) is 3.33. The van der Waals surface area contributed by atoms with Crippen molar-refractivity contribution in [1.29, 1.82) is 0 Å². The molecule has 2 unspecified atom stereocenters. The molecule has 2 N–H and O–H groups in total. The highest BCUT2D eigenvalue weighted by molar-refractivity contribution is 5.81. The van der Waals surface area contributed by atoms with Crippen LogP contribution in [0.2, 0.25) is 0 Å². The van der Waals surface area contributed by atoms with Crippen LogP contribution in [0.4, 0.5) is 0 Å². The van der Waals surface area contributed by atoms with Crippen LogP contribution in [-0.2, 0) is 6.42 Å². The number of benzene rings is 1. The van der Waals surface area contributed by atoms with Crippen molar-refractivity contribution < 1.29 is 0 Å². The minimum absolute atomic E-state index is 0.403. The zero-order valence-electron chi connectivity index (χ0n) is 11.4. The Bertz CT molecular complexity index is 544. The molecule has 0 aliphatic heterocycles. The van der Waals surface area contributed by atoms with Gasteiger partial charge in [0.25, 0.3) is 0 Å². The summed E-state index contributed by atoms with van der Waals surface area (Å²) in [6.07, 6.45) is 9.43. The van der Waals surface area contributed by atoms with Crippen LogP contribution in [-0.4, -0.2) is 11.0 Å². The predicted molar refractivity (Wildman–Crippen MR) is 80.0 cm³/mol. The average Bonchev–Trinajstić information content (AvgIpc) is 2.63. The fraction of sp³-hybridized carbons (Fsp3) is 0.471. The molecule has 3 rings (SSSR count). The maximum atomic E-state index is 6.18. The van der Waals surface area contributed by atoms with E-state index in [1.807, 2.05) is 6.20 Å². The van der Waals surface area contributed by atoms with Gasteiger partial charge in [0.1, 0.15) is 0 Å². The molecule has 2 aromatic rings. The number of nitrogens with zero attached hydrogens (tertiary/aromatic N) is 1. The molecule has 19 heavy (non-hydrogen) atoms. The normalized spacial score (nSPS) is 24.3. The van der Waals surface area contributed by atoms with Gasteiger partial charge in [0.05, 0.1) is 5.52 Å². The minimum Gasteiger partial charge on any atom is -0.328 e. The van der Waals surface area contributed by atoms with Gasteiger partial charge in [-0.15, -0.1) is 0 Å². The Balaban J connectivity index is 1.84. The smallest absolute Gasteiger partial charge is 0.0704 e. The first kappa shape index (κ1) is 12.6. The maximum absolute atomic E-state index is 6.18. The molecular weight excluding hydrogens is 232 g/mol. The van der Waals surface area contributed by atoms with Crippen molar-refractivity contribution in [2.45, 2.75) is 44.6 Å². The number of fused-ring (bicyclic) bond motifs is 1. The molecule has 0 spiro atoms. The highest BCUT2D eigenvalue weighted by Crippen LogP contribution is 2.28. The van der Waals surface area contributed by atoms with E-state index in [2.05, 4.69) is 35.3 Å². The number of pyridine rings is 1. The highest BCUT2D eigenvalue weighted by Gasteiger charge is 2.18. The molecule has 0 saturated heterocycles. The molecule has 0 bridgehead atoms. The molecule has 0 radical (unpaired) electrons. The Hall–Kier alpha value is -1.41. The van der Waals surface area contributed by atoms with E-state index in [9.17, 15) is 0 Å². The van der Waals surface area contributed by atoms with E-state index in [-0.39, 0.29) is 0 Å². The molecule has 1 heterocycles. The topological polar surface area (TPSA) is 38.9 Å². The Morgan fingerprint density at radius 2 is 1.95 bits per heavy atom. The molecule has 2 heteroatoms. The number of para-hydroxylation sites is 1. The van der Waals surface area contributed by atoms with Crippen LogP contribution in [0.15, 0.2) is 36.5 Å². The predicted octanol–water partition coefficient (Wildman–Crippen LogP) is 3.68. The molecule has 1 fully saturated rings. The standard InChI is InChI=1S/C17H22N2/c18-15-6-2-1-5-13(12-15)11-14-9-10-19-17-8-4-3-7-16(14)17/h3-4,7-10,13,15H,1-2,5-6,11-12,18H2. The molecule has 1 saturated carbocycles. The Morgan fingerprint density at radius 3 is 2.89 bits per heavy atom. The molecule has 1 aromatic carbocycles. The van der Waals surface area contributed by atoms with Crippen LogP contribution in [0.3, 0.4) is 0 Å². The third-order valence-electron chi connectivity index (χ3n) is 4.32. The van der Waals surface area contributed by atoms with Crippen molar-refractivity contribution in [1.82, 2.24) is 4.98 Å². The summed E-state index contributed by atoms with van der Waals surface area (Å²) in [6.45, 7) is 0. The summed E-state index contributed by atoms with van der Waals surface area (Å²) in [4.78, 5) is 4.44. The Kier molecular flexibility index (Phi) is 3.79. The first-order valence-electron chi connectivity index (χ1n) is 7.41. The second kappa shape index (κ2) is 5.70. The second-order valence-corrected chi connectivity index (χ2v) is 5.84. The van der Waals surface area contributed by atoms with Gasteiger partial charge in [-0.05, 0) is 42.9 Å². The summed E-state index contributed by atoms with van der Waals surface area (Å²) in [7, 11) is 0. The van der Waals surface area contributed by atoms with Crippen LogP contribution < -0.4 is 5.73 Å². The van der Waals surface area contributed by atoms with E-state index in [0.717, 1.165) is 17.9 Å². The summed E-state index contributed by atoms with van der Waals surface area (Å²) < 4.78 is 0. The number of hydrogen-bond acceptors (Lipinski definition) is 2. The molecular formula is C17H22N2. The molecule has 2 atom stereocenters. The summed E-state index contributed by atoms with van der Waals surface area (Å²) in [5.41, 5.74) is 8.72. The van der Waals surface area contributed by atoms with Gasteiger partial charge in [-0.25, -0.2) is 0 Å². The van der Waals surface area contributed by atoms with Crippen LogP contribution in [0.1, 0.15) is 37.7 Å². The molecule has 1 aromatic heterocycles. The first-order valence-corrected chi connectivity index (χ1v) is 7.41. The van der Waals surface area contributed by atoms with Gasteiger partial charge < -0.3 is 5.73 Å². The third-order valence-corrected chi connectivity index (χ3v) is 4.32. The van der Waals surface area contributed by atoms with Crippen molar-refractivity contribution in [2.24, 2.45) is 11.7 Å². The largest absolute Gasteiger partial charge is 0.328 e. The van der Waals surface area contributed by atoms with Gasteiger partial charge in [-0.2, -0.15) is 0 Å². The summed E-state index contributed by atoms with van der Waals surface area (Å²) in [5.74, 6) is 0.739.